The fourth-order valence-corrected chi connectivity index (χ4v) is 4.36. The number of amides is 4. The molecule has 4 rings (SSSR count). The van der Waals surface area contributed by atoms with Crippen molar-refractivity contribution in [2.45, 2.75) is 50.7 Å². The molecule has 2 unspecified atom stereocenters. The molecule has 138 valence electrons. The first-order chi connectivity index (χ1) is 12.6. The Labute approximate surface area is 152 Å². The van der Waals surface area contributed by atoms with Crippen molar-refractivity contribution in [3.05, 3.63) is 29.8 Å². The van der Waals surface area contributed by atoms with Crippen LogP contribution in [0.1, 0.15) is 37.7 Å². The van der Waals surface area contributed by atoms with Gasteiger partial charge in [0.1, 0.15) is 0 Å². The Bertz CT molecular complexity index is 707. The minimum atomic E-state index is -0.370. The molecule has 2 bridgehead atoms. The van der Waals surface area contributed by atoms with E-state index in [1.54, 1.807) is 0 Å². The summed E-state index contributed by atoms with van der Waals surface area (Å²) in [7, 11) is 0. The molecular formula is C19H24N4O3. The highest BCUT2D eigenvalue weighted by Crippen LogP contribution is 2.32. The number of anilines is 1. The average Bonchev–Trinajstić information content (AvgIpc) is 3.11. The van der Waals surface area contributed by atoms with Crippen LogP contribution >= 0.6 is 0 Å². The normalized spacial score (nSPS) is 27.5. The standard InChI is InChI=1S/C19H24N4O3/c24-17(9-13-7-15-4-5-16(8-13)21-15)22-14-3-1-2-12(6-14)11-23-18(25)10-20-19(23)26/h1-3,6,13,15-16,21H,4-5,7-11H2,(H,20,26)(H,22,24). The van der Waals surface area contributed by atoms with Crippen LogP contribution < -0.4 is 16.0 Å². The molecule has 3 saturated heterocycles. The number of fused-ring (bicyclic) bond motifs is 2. The number of rotatable bonds is 5. The highest BCUT2D eigenvalue weighted by Gasteiger charge is 2.34. The molecule has 7 nitrogen and oxygen atoms in total. The van der Waals surface area contributed by atoms with E-state index < -0.39 is 0 Å². The van der Waals surface area contributed by atoms with E-state index in [-0.39, 0.29) is 30.9 Å². The predicted molar refractivity (Wildman–Crippen MR) is 96.3 cm³/mol. The Kier molecular flexibility index (Phi) is 4.63. The molecule has 3 heterocycles. The summed E-state index contributed by atoms with van der Waals surface area (Å²) in [5.41, 5.74) is 1.52. The van der Waals surface area contributed by atoms with E-state index in [4.69, 9.17) is 0 Å². The zero-order valence-electron chi connectivity index (χ0n) is 14.7. The lowest BCUT2D eigenvalue weighted by molar-refractivity contribution is -0.125. The van der Waals surface area contributed by atoms with Gasteiger partial charge in [-0.15, -0.1) is 0 Å². The van der Waals surface area contributed by atoms with Gasteiger partial charge in [-0.2, -0.15) is 0 Å². The third-order valence-corrected chi connectivity index (χ3v) is 5.53. The van der Waals surface area contributed by atoms with E-state index in [1.807, 2.05) is 24.3 Å². The number of carbonyl (C=O) groups excluding carboxylic acids is 3. The smallest absolute Gasteiger partial charge is 0.324 e. The van der Waals surface area contributed by atoms with E-state index in [9.17, 15) is 14.4 Å². The molecule has 3 aliphatic heterocycles. The molecule has 0 aromatic heterocycles. The summed E-state index contributed by atoms with van der Waals surface area (Å²) in [5.74, 6) is 0.247. The third kappa shape index (κ3) is 3.72. The number of hydrogen-bond acceptors (Lipinski definition) is 4. The van der Waals surface area contributed by atoms with Crippen molar-refractivity contribution in [3.8, 4) is 0 Å². The number of urea groups is 1. The van der Waals surface area contributed by atoms with Gasteiger partial charge in [0, 0.05) is 24.2 Å². The highest BCUT2D eigenvalue weighted by molar-refractivity contribution is 6.01. The van der Waals surface area contributed by atoms with E-state index in [1.165, 1.54) is 17.7 Å². The van der Waals surface area contributed by atoms with Crippen LogP contribution in [0, 0.1) is 5.92 Å². The zero-order valence-corrected chi connectivity index (χ0v) is 14.7. The molecule has 1 aromatic carbocycles. The van der Waals surface area contributed by atoms with Crippen molar-refractivity contribution in [2.75, 3.05) is 11.9 Å². The van der Waals surface area contributed by atoms with Crippen molar-refractivity contribution in [2.24, 2.45) is 5.92 Å². The molecule has 0 radical (unpaired) electrons. The first-order valence-corrected chi connectivity index (χ1v) is 9.30. The maximum absolute atomic E-state index is 12.4. The van der Waals surface area contributed by atoms with Crippen molar-refractivity contribution < 1.29 is 14.4 Å². The van der Waals surface area contributed by atoms with Gasteiger partial charge < -0.3 is 16.0 Å². The van der Waals surface area contributed by atoms with Gasteiger partial charge in [-0.05, 0) is 49.3 Å². The summed E-state index contributed by atoms with van der Waals surface area (Å²) >= 11 is 0. The first-order valence-electron chi connectivity index (χ1n) is 9.30. The van der Waals surface area contributed by atoms with Gasteiger partial charge in [0.15, 0.2) is 0 Å². The number of nitrogens with zero attached hydrogens (tertiary/aromatic N) is 1. The second-order valence-electron chi connectivity index (χ2n) is 7.57. The largest absolute Gasteiger partial charge is 0.329 e. The van der Waals surface area contributed by atoms with Crippen LogP contribution in [0.2, 0.25) is 0 Å². The van der Waals surface area contributed by atoms with Gasteiger partial charge in [0.05, 0.1) is 13.1 Å². The number of benzene rings is 1. The van der Waals surface area contributed by atoms with Gasteiger partial charge in [-0.1, -0.05) is 12.1 Å². The van der Waals surface area contributed by atoms with Crippen LogP contribution in [0.5, 0.6) is 0 Å². The zero-order chi connectivity index (χ0) is 18.1. The predicted octanol–water partition coefficient (Wildman–Crippen LogP) is 1.60. The molecule has 26 heavy (non-hydrogen) atoms. The monoisotopic (exact) mass is 356 g/mol. The van der Waals surface area contributed by atoms with Crippen molar-refractivity contribution >= 4 is 23.5 Å². The fraction of sp³-hybridized carbons (Fsp3) is 0.526. The summed E-state index contributed by atoms with van der Waals surface area (Å²) < 4.78 is 0. The Morgan fingerprint density at radius 3 is 2.65 bits per heavy atom. The second-order valence-corrected chi connectivity index (χ2v) is 7.57. The molecule has 3 N–H and O–H groups in total. The van der Waals surface area contributed by atoms with Crippen molar-refractivity contribution in [1.82, 2.24) is 15.5 Å². The van der Waals surface area contributed by atoms with Crippen molar-refractivity contribution in [1.29, 1.82) is 0 Å². The molecule has 3 fully saturated rings. The highest BCUT2D eigenvalue weighted by atomic mass is 16.2. The molecule has 2 atom stereocenters. The van der Waals surface area contributed by atoms with Crippen LogP contribution in [0.4, 0.5) is 10.5 Å². The van der Waals surface area contributed by atoms with E-state index in [2.05, 4.69) is 16.0 Å². The van der Waals surface area contributed by atoms with Crippen LogP contribution in [0.25, 0.3) is 0 Å². The van der Waals surface area contributed by atoms with Crippen LogP contribution in [0.15, 0.2) is 24.3 Å². The summed E-state index contributed by atoms with van der Waals surface area (Å²) in [6.07, 6.45) is 5.17. The summed E-state index contributed by atoms with van der Waals surface area (Å²) in [6.45, 7) is 0.263. The van der Waals surface area contributed by atoms with Gasteiger partial charge in [-0.3, -0.25) is 14.5 Å². The van der Waals surface area contributed by atoms with Crippen LogP contribution in [0.3, 0.4) is 0 Å². The van der Waals surface area contributed by atoms with E-state index in [0.717, 1.165) is 18.4 Å². The lowest BCUT2D eigenvalue weighted by Crippen LogP contribution is -2.39. The molecular weight excluding hydrogens is 332 g/mol. The van der Waals surface area contributed by atoms with Crippen LogP contribution in [-0.4, -0.2) is 41.4 Å². The van der Waals surface area contributed by atoms with Crippen molar-refractivity contribution in [3.63, 3.8) is 0 Å². The maximum Gasteiger partial charge on any atom is 0.324 e. The van der Waals surface area contributed by atoms with Crippen LogP contribution in [-0.2, 0) is 16.1 Å². The average molecular weight is 356 g/mol. The Balaban J connectivity index is 1.34. The SMILES string of the molecule is O=C(CC1CC2CCC(C1)N2)Nc1cccc(CN2C(=O)CNC2=O)c1. The summed E-state index contributed by atoms with van der Waals surface area (Å²) in [4.78, 5) is 36.9. The number of nitrogens with one attached hydrogen (secondary N) is 3. The topological polar surface area (TPSA) is 90.5 Å². The minimum absolute atomic E-state index is 0.0310. The quantitative estimate of drug-likeness (QED) is 0.699. The maximum atomic E-state index is 12.4. The molecule has 7 heteroatoms. The van der Waals surface area contributed by atoms with Gasteiger partial charge >= 0.3 is 6.03 Å². The lowest BCUT2D eigenvalue weighted by Gasteiger charge is -2.28. The van der Waals surface area contributed by atoms with Gasteiger partial charge in [0.25, 0.3) is 0 Å². The van der Waals surface area contributed by atoms with Gasteiger partial charge in [0.2, 0.25) is 11.8 Å². The minimum Gasteiger partial charge on any atom is -0.329 e. The number of imide groups is 1. The Hall–Kier alpha value is -2.41. The molecule has 0 aliphatic carbocycles. The lowest BCUT2D eigenvalue weighted by atomic mass is 9.89. The molecule has 1 aromatic rings. The first kappa shape index (κ1) is 17.0. The molecule has 4 amide bonds. The Morgan fingerprint density at radius 1 is 1.19 bits per heavy atom. The molecule has 0 saturated carbocycles. The fourth-order valence-electron chi connectivity index (χ4n) is 4.36. The Morgan fingerprint density at radius 2 is 1.96 bits per heavy atom. The molecule has 0 spiro atoms. The summed E-state index contributed by atoms with van der Waals surface area (Å²) in [6, 6.07) is 8.12. The second kappa shape index (κ2) is 7.07. The number of hydrogen-bond donors (Lipinski definition) is 3. The van der Waals surface area contributed by atoms with E-state index >= 15 is 0 Å². The van der Waals surface area contributed by atoms with E-state index in [0.29, 0.717) is 30.1 Å². The van der Waals surface area contributed by atoms with Gasteiger partial charge in [-0.25, -0.2) is 4.79 Å². The number of piperidine rings is 1. The third-order valence-electron chi connectivity index (χ3n) is 5.53. The summed E-state index contributed by atoms with van der Waals surface area (Å²) in [5, 5.41) is 9.07. The molecule has 3 aliphatic rings. The number of carbonyl (C=O) groups is 3.